The summed E-state index contributed by atoms with van der Waals surface area (Å²) in [6.45, 7) is 3.92. The molecule has 1 N–H and O–H groups in total. The highest BCUT2D eigenvalue weighted by molar-refractivity contribution is 6.30. The van der Waals surface area contributed by atoms with Crippen LogP contribution in [0.25, 0.3) is 0 Å². The number of hydrogen-bond donors (Lipinski definition) is 1. The first-order valence-corrected chi connectivity index (χ1v) is 6.87. The summed E-state index contributed by atoms with van der Waals surface area (Å²) in [4.78, 5) is 16.4. The third kappa shape index (κ3) is 3.39. The second kappa shape index (κ2) is 6.22. The van der Waals surface area contributed by atoms with Crippen LogP contribution in [0.15, 0.2) is 24.5 Å². The van der Waals surface area contributed by atoms with Crippen LogP contribution < -0.4 is 5.32 Å². The highest BCUT2D eigenvalue weighted by atomic mass is 35.5. The summed E-state index contributed by atoms with van der Waals surface area (Å²) in [5, 5.41) is 6.84. The van der Waals surface area contributed by atoms with Gasteiger partial charge in [-0.3, -0.25) is 9.48 Å². The van der Waals surface area contributed by atoms with Gasteiger partial charge in [0.2, 0.25) is 0 Å². The fourth-order valence-electron chi connectivity index (χ4n) is 1.98. The van der Waals surface area contributed by atoms with Crippen molar-refractivity contribution in [2.75, 3.05) is 0 Å². The number of nitrogens with zero attached hydrogens (tertiary/aromatic N) is 3. The Bertz CT molecular complexity index is 656. The van der Waals surface area contributed by atoms with Crippen molar-refractivity contribution in [3.05, 3.63) is 46.8 Å². The van der Waals surface area contributed by atoms with Crippen LogP contribution in [0.5, 0.6) is 0 Å². The number of halogens is 2. The lowest BCUT2D eigenvalue weighted by Crippen LogP contribution is -2.33. The van der Waals surface area contributed by atoms with Crippen molar-refractivity contribution < 1.29 is 9.18 Å². The highest BCUT2D eigenvalue weighted by Crippen LogP contribution is 2.21. The largest absolute Gasteiger partial charge is 0.342 e. The number of hydrogen-bond acceptors (Lipinski definition) is 3. The zero-order chi connectivity index (χ0) is 15.6. The van der Waals surface area contributed by atoms with Gasteiger partial charge in [-0.25, -0.2) is 9.37 Å². The van der Waals surface area contributed by atoms with Gasteiger partial charge >= 0.3 is 0 Å². The van der Waals surface area contributed by atoms with E-state index in [1.807, 2.05) is 13.8 Å². The molecule has 1 aromatic heterocycles. The van der Waals surface area contributed by atoms with Gasteiger partial charge in [0.15, 0.2) is 0 Å². The molecular formula is C14H16ClFN4O. The third-order valence-electron chi connectivity index (χ3n) is 3.16. The van der Waals surface area contributed by atoms with Crippen LogP contribution in [0.1, 0.15) is 36.1 Å². The molecule has 0 saturated heterocycles. The number of benzene rings is 1. The van der Waals surface area contributed by atoms with Crippen LogP contribution >= 0.6 is 11.6 Å². The molecule has 0 fully saturated rings. The van der Waals surface area contributed by atoms with Crippen molar-refractivity contribution in [1.82, 2.24) is 20.1 Å². The van der Waals surface area contributed by atoms with E-state index in [1.165, 1.54) is 18.5 Å². The zero-order valence-corrected chi connectivity index (χ0v) is 12.7. The Labute approximate surface area is 127 Å². The van der Waals surface area contributed by atoms with Crippen LogP contribution in [-0.2, 0) is 7.05 Å². The Kier molecular flexibility index (Phi) is 4.57. The van der Waals surface area contributed by atoms with E-state index in [0.29, 0.717) is 5.82 Å². The lowest BCUT2D eigenvalue weighted by Gasteiger charge is -2.21. The quantitative estimate of drug-likeness (QED) is 0.944. The molecule has 5 nitrogen and oxygen atoms in total. The van der Waals surface area contributed by atoms with Crippen molar-refractivity contribution in [1.29, 1.82) is 0 Å². The van der Waals surface area contributed by atoms with Crippen molar-refractivity contribution in [2.45, 2.75) is 19.9 Å². The standard InChI is InChI=1S/C14H16ClFN4O/c1-8(2)12(13-17-7-18-20(13)3)19-14(21)9-4-5-10(15)11(16)6-9/h4-8,12H,1-3H3,(H,19,21)/t12-/m0/s1. The molecule has 0 radical (unpaired) electrons. The number of rotatable bonds is 4. The van der Waals surface area contributed by atoms with Gasteiger partial charge in [0.25, 0.3) is 5.91 Å². The average molecular weight is 311 g/mol. The lowest BCUT2D eigenvalue weighted by atomic mass is 10.0. The molecule has 2 aromatic rings. The van der Waals surface area contributed by atoms with Crippen LogP contribution in [-0.4, -0.2) is 20.7 Å². The van der Waals surface area contributed by atoms with Crippen molar-refractivity contribution >= 4 is 17.5 Å². The number of aryl methyl sites for hydroxylation is 1. The summed E-state index contributed by atoms with van der Waals surface area (Å²) in [7, 11) is 1.76. The normalized spacial score (nSPS) is 12.5. The van der Waals surface area contributed by atoms with Crippen molar-refractivity contribution in [2.24, 2.45) is 13.0 Å². The van der Waals surface area contributed by atoms with Gasteiger partial charge in [0.1, 0.15) is 18.0 Å². The summed E-state index contributed by atoms with van der Waals surface area (Å²) in [5.74, 6) is -0.252. The predicted octanol–water partition coefficient (Wildman–Crippen LogP) is 2.73. The molecule has 1 atom stereocenters. The number of carbonyl (C=O) groups is 1. The monoisotopic (exact) mass is 310 g/mol. The summed E-state index contributed by atoms with van der Waals surface area (Å²) < 4.78 is 15.0. The first-order valence-electron chi connectivity index (χ1n) is 6.50. The molecule has 1 heterocycles. The van der Waals surface area contributed by atoms with Crippen molar-refractivity contribution in [3.63, 3.8) is 0 Å². The first-order chi connectivity index (χ1) is 9.90. The van der Waals surface area contributed by atoms with E-state index < -0.39 is 5.82 Å². The second-order valence-corrected chi connectivity index (χ2v) is 5.47. The van der Waals surface area contributed by atoms with Gasteiger partial charge < -0.3 is 5.32 Å². The summed E-state index contributed by atoms with van der Waals surface area (Å²) >= 11 is 5.62. The van der Waals surface area contributed by atoms with E-state index in [0.717, 1.165) is 6.07 Å². The van der Waals surface area contributed by atoms with E-state index in [1.54, 1.807) is 11.7 Å². The Morgan fingerprint density at radius 3 is 2.67 bits per heavy atom. The Morgan fingerprint density at radius 2 is 2.14 bits per heavy atom. The molecule has 0 aliphatic heterocycles. The molecule has 0 aliphatic rings. The third-order valence-corrected chi connectivity index (χ3v) is 3.47. The molecule has 112 valence electrons. The fourth-order valence-corrected chi connectivity index (χ4v) is 2.10. The van der Waals surface area contributed by atoms with Crippen LogP contribution in [0.2, 0.25) is 5.02 Å². The minimum absolute atomic E-state index is 0.0136. The smallest absolute Gasteiger partial charge is 0.251 e. The van der Waals surface area contributed by atoms with Gasteiger partial charge in [0, 0.05) is 12.6 Å². The number of amides is 1. The molecule has 21 heavy (non-hydrogen) atoms. The van der Waals surface area contributed by atoms with Gasteiger partial charge in [-0.05, 0) is 24.1 Å². The fraction of sp³-hybridized carbons (Fsp3) is 0.357. The van der Waals surface area contributed by atoms with Gasteiger partial charge in [0.05, 0.1) is 11.1 Å². The summed E-state index contributed by atoms with van der Waals surface area (Å²) in [5.41, 5.74) is 0.213. The van der Waals surface area contributed by atoms with E-state index in [4.69, 9.17) is 11.6 Å². The maximum Gasteiger partial charge on any atom is 0.251 e. The molecule has 0 spiro atoms. The Balaban J connectivity index is 2.23. The molecule has 1 aromatic carbocycles. The number of nitrogens with one attached hydrogen (secondary N) is 1. The van der Waals surface area contributed by atoms with Gasteiger partial charge in [-0.2, -0.15) is 5.10 Å². The highest BCUT2D eigenvalue weighted by Gasteiger charge is 2.23. The van der Waals surface area contributed by atoms with Crippen LogP contribution in [0.4, 0.5) is 4.39 Å². The molecule has 1 amide bonds. The maximum atomic E-state index is 13.4. The molecule has 7 heteroatoms. The molecular weight excluding hydrogens is 295 g/mol. The minimum atomic E-state index is -0.621. The van der Waals surface area contributed by atoms with Crippen LogP contribution in [0, 0.1) is 11.7 Å². The molecule has 0 unspecified atom stereocenters. The topological polar surface area (TPSA) is 59.8 Å². The van der Waals surface area contributed by atoms with E-state index >= 15 is 0 Å². The number of carbonyl (C=O) groups excluding carboxylic acids is 1. The molecule has 2 rings (SSSR count). The second-order valence-electron chi connectivity index (χ2n) is 5.07. The average Bonchev–Trinajstić information content (AvgIpc) is 2.84. The molecule has 0 bridgehead atoms. The van der Waals surface area contributed by atoms with Gasteiger partial charge in [-0.1, -0.05) is 25.4 Å². The van der Waals surface area contributed by atoms with E-state index in [9.17, 15) is 9.18 Å². The number of aromatic nitrogens is 3. The van der Waals surface area contributed by atoms with Gasteiger partial charge in [-0.15, -0.1) is 0 Å². The Morgan fingerprint density at radius 1 is 1.43 bits per heavy atom. The molecule has 0 aliphatic carbocycles. The SMILES string of the molecule is CC(C)[C@H](NC(=O)c1ccc(Cl)c(F)c1)c1ncnn1C. The maximum absolute atomic E-state index is 13.4. The zero-order valence-electron chi connectivity index (χ0n) is 12.0. The van der Waals surface area contributed by atoms with Crippen molar-refractivity contribution in [3.8, 4) is 0 Å². The van der Waals surface area contributed by atoms with E-state index in [2.05, 4.69) is 15.4 Å². The first kappa shape index (κ1) is 15.4. The minimum Gasteiger partial charge on any atom is -0.342 e. The predicted molar refractivity (Wildman–Crippen MR) is 77.5 cm³/mol. The van der Waals surface area contributed by atoms with Crippen LogP contribution in [0.3, 0.4) is 0 Å². The summed E-state index contributed by atoms with van der Waals surface area (Å²) in [6.07, 6.45) is 1.43. The summed E-state index contributed by atoms with van der Waals surface area (Å²) in [6, 6.07) is 3.64. The Hall–Kier alpha value is -1.95. The van der Waals surface area contributed by atoms with E-state index in [-0.39, 0.29) is 28.5 Å². The molecule has 0 saturated carbocycles. The lowest BCUT2D eigenvalue weighted by molar-refractivity contribution is 0.0921.